The van der Waals surface area contributed by atoms with Crippen molar-refractivity contribution in [2.24, 2.45) is 53.3 Å². The molecule has 1 N–H and O–H groups in total. The van der Waals surface area contributed by atoms with E-state index >= 15 is 0 Å². The van der Waals surface area contributed by atoms with E-state index in [1.54, 1.807) is 54.2 Å². The van der Waals surface area contributed by atoms with Gasteiger partial charge in [-0.05, 0) is 153 Å². The maximum atomic E-state index is 13.5. The van der Waals surface area contributed by atoms with Crippen LogP contribution >= 0.6 is 7.60 Å². The summed E-state index contributed by atoms with van der Waals surface area (Å²) in [6, 6.07) is 28.9. The SMILES string of the molecule is CCOP(=O)(Cc1ccc(-c2cccc(F)c2)cn1)OCC.O=C1OC[C@@H]2C(/C=C/c3ccc(-c4cccc(F)c4)cn3)C3CCCCC3CN12.O=C1OC[C@@H]2C(CO)C3CCCCC3CN12.O=C1OC[C@H]2N1Cc1ccccc1C21CO1.O=CC1C2CCCCC2CN2C(=O)OC[C@H]12.[CH2-]CCC.[Li+]. The zero-order valence-corrected chi connectivity index (χ0v) is 61.5. The largest absolute Gasteiger partial charge is 1.00 e. The second kappa shape index (κ2) is 36.0. The fourth-order valence-electron chi connectivity index (χ4n) is 17.8. The van der Waals surface area contributed by atoms with E-state index in [2.05, 4.69) is 48.1 Å². The Kier molecular flexibility index (Phi) is 27.1. The Hall–Kier alpha value is -7.02. The fraction of sp³-hybridized carbons (Fsp3) is 0.550. The molecule has 20 nitrogen and oxygen atoms in total. The summed E-state index contributed by atoms with van der Waals surface area (Å²) in [7, 11) is -3.16. The number of hydrogen-bond donors (Lipinski definition) is 1. The number of ether oxygens (including phenoxy) is 5. The van der Waals surface area contributed by atoms with Crippen molar-refractivity contribution in [3.8, 4) is 22.3 Å². The smallest absolute Gasteiger partial charge is 0.447 e. The van der Waals surface area contributed by atoms with Crippen LogP contribution in [0.5, 0.6) is 0 Å². The average Bonchev–Trinajstić information content (AvgIpc) is 1.55. The minimum atomic E-state index is -3.16. The van der Waals surface area contributed by atoms with Crippen LogP contribution in [0.1, 0.15) is 133 Å². The van der Waals surface area contributed by atoms with Crippen molar-refractivity contribution >= 4 is 44.3 Å². The fourth-order valence-corrected chi connectivity index (χ4v) is 19.4. The van der Waals surface area contributed by atoms with E-state index in [4.69, 9.17) is 32.7 Å². The number of hydrogen-bond acceptors (Lipinski definition) is 16. The number of epoxide rings is 1. The van der Waals surface area contributed by atoms with Gasteiger partial charge < -0.3 is 64.3 Å². The van der Waals surface area contributed by atoms with E-state index in [9.17, 15) is 42.4 Å². The van der Waals surface area contributed by atoms with Gasteiger partial charge in [0.05, 0.1) is 55.5 Å². The summed E-state index contributed by atoms with van der Waals surface area (Å²) in [5.41, 5.74) is 6.88. The van der Waals surface area contributed by atoms with Gasteiger partial charge in [0.2, 0.25) is 0 Å². The Bertz CT molecular complexity index is 3790. The van der Waals surface area contributed by atoms with E-state index in [1.807, 2.05) is 52.3 Å². The number of fused-ring (bicyclic) bond motifs is 10. The van der Waals surface area contributed by atoms with Gasteiger partial charge >= 0.3 is 50.8 Å². The topological polar surface area (TPSA) is 229 Å². The number of carbonyl (C=O) groups excluding carboxylic acids is 5. The van der Waals surface area contributed by atoms with Crippen molar-refractivity contribution in [1.29, 1.82) is 0 Å². The number of rotatable bonds is 13. The summed E-state index contributed by atoms with van der Waals surface area (Å²) in [4.78, 5) is 74.3. The number of amides is 4. The molecule has 11 fully saturated rings. The molecule has 554 valence electrons. The number of halogens is 2. The quantitative estimate of drug-likeness (QED) is 0.0288. The van der Waals surface area contributed by atoms with Gasteiger partial charge in [-0.15, -0.1) is 0 Å². The van der Waals surface area contributed by atoms with Crippen molar-refractivity contribution < 1.29 is 94.0 Å². The zero-order valence-electron chi connectivity index (χ0n) is 60.6. The molecule has 4 amide bonds. The van der Waals surface area contributed by atoms with E-state index in [1.165, 1.54) is 106 Å². The molecule has 0 bridgehead atoms. The molecule has 3 aliphatic carbocycles. The summed E-state index contributed by atoms with van der Waals surface area (Å²) in [5.74, 6) is 3.41. The van der Waals surface area contributed by atoms with Gasteiger partial charge in [0, 0.05) is 74.1 Å². The number of piperidine rings is 3. The summed E-state index contributed by atoms with van der Waals surface area (Å²) >= 11 is 0. The van der Waals surface area contributed by atoms with Crippen LogP contribution in [0.2, 0.25) is 0 Å². The maximum Gasteiger partial charge on any atom is 1.00 e. The third-order valence-corrected chi connectivity index (χ3v) is 25.1. The zero-order chi connectivity index (χ0) is 72.2. The number of unbranched alkanes of at least 4 members (excludes halogenated alkanes) is 1. The van der Waals surface area contributed by atoms with Gasteiger partial charge in [-0.1, -0.05) is 119 Å². The summed E-state index contributed by atoms with van der Waals surface area (Å²) in [6.45, 7) is 15.8. The predicted octanol–water partition coefficient (Wildman–Crippen LogP) is 12.4. The molecule has 2 aromatic heterocycles. The normalized spacial score (nSPS) is 29.2. The molecular weight excluding hydrogens is 1340 g/mol. The van der Waals surface area contributed by atoms with Crippen molar-refractivity contribution in [1.82, 2.24) is 29.6 Å². The number of aromatic nitrogens is 2. The molecule has 8 saturated heterocycles. The van der Waals surface area contributed by atoms with E-state index in [-0.39, 0.29) is 109 Å². The van der Waals surface area contributed by atoms with Gasteiger partial charge in [-0.25, -0.2) is 28.0 Å². The van der Waals surface area contributed by atoms with E-state index < -0.39 is 7.60 Å². The number of aldehydes is 1. The molecule has 10 unspecified atom stereocenters. The van der Waals surface area contributed by atoms with Crippen molar-refractivity contribution in [2.45, 2.75) is 153 Å². The number of aliphatic hydroxyl groups is 1. The Morgan fingerprint density at radius 1 is 0.606 bits per heavy atom. The number of pyridine rings is 2. The van der Waals surface area contributed by atoms with Gasteiger partial charge in [0.1, 0.15) is 56.0 Å². The number of aliphatic hydroxyl groups excluding tert-OH is 1. The number of carbonyl (C=O) groups is 5. The van der Waals surface area contributed by atoms with Crippen molar-refractivity contribution in [3.63, 3.8) is 0 Å². The number of cyclic esters (lactones) is 4. The molecule has 3 aromatic carbocycles. The second-order valence-electron chi connectivity index (χ2n) is 29.1. The molecule has 5 aromatic rings. The van der Waals surface area contributed by atoms with Crippen LogP contribution in [0.25, 0.3) is 28.3 Å². The number of benzene rings is 3. The first-order chi connectivity index (χ1) is 50.1. The van der Waals surface area contributed by atoms with Gasteiger partial charge in [-0.3, -0.25) is 19.4 Å². The molecule has 1 spiro atoms. The molecule has 12 aliphatic rings. The molecule has 9 aliphatic heterocycles. The molecule has 11 heterocycles. The summed E-state index contributed by atoms with van der Waals surface area (Å²) in [5, 5.41) is 9.57. The molecule has 24 heteroatoms. The molecule has 104 heavy (non-hydrogen) atoms. The monoisotopic (exact) mass is 1440 g/mol. The first-order valence-corrected chi connectivity index (χ1v) is 39.1. The molecule has 0 radical (unpaired) electrons. The molecule has 3 saturated carbocycles. The van der Waals surface area contributed by atoms with Gasteiger partial charge in [-0.2, -0.15) is 6.42 Å². The average molecular weight is 1450 g/mol. The minimum Gasteiger partial charge on any atom is -0.447 e. The Labute approximate surface area is 622 Å². The molecular formula is C80H100F2LiN6O14P. The Balaban J connectivity index is 0.000000131. The van der Waals surface area contributed by atoms with E-state index in [0.29, 0.717) is 99.9 Å². The van der Waals surface area contributed by atoms with Crippen LogP contribution in [-0.4, -0.2) is 162 Å². The van der Waals surface area contributed by atoms with Crippen LogP contribution < -0.4 is 18.9 Å². The standard InChI is InChI=1S/C24H25FN2O2.C16H19FNO3P.C12H11NO3.C12H19NO3.C12H17NO3.C4H9.Li/c25-19-6-3-5-16(12-19)17-8-9-20(26-13-17)10-11-22-21-7-2-1-4-18(21)14-27-23(22)15-29-24(27)28;1-3-20-22(19,21-4-2)12-16-9-8-14(11-18-16)13-6-5-7-15(17)10-13;14-11-13-5-8-3-1-2-4-9(8)12(7-16-12)10(13)6-15-11;2*14-6-10-9-4-2-1-3-8(9)5-13-11(10)7-16-12(13)15;1-3-4-2;/h3,5-6,8-13,18,21-23H,1-2,4,7,14-15H2;5-11H,3-4,12H2,1-2H3;1-4,10H,5-7H2;8-11,14H,1-7H2;6,8-11H,1-5,7H2;1,3-4H2,2H3;/q;;;;;-1;+1/b11-10+;;;;;;/t18?,21?,22?,23-;;10-,12?;2*8?,9?,10?,11-;;/m1.111../s1. The van der Waals surface area contributed by atoms with E-state index in [0.717, 1.165) is 73.1 Å². The summed E-state index contributed by atoms with van der Waals surface area (Å²) < 4.78 is 76.0. The van der Waals surface area contributed by atoms with Gasteiger partial charge in [0.15, 0.2) is 0 Å². The molecule has 17 rings (SSSR count). The van der Waals surface area contributed by atoms with Crippen molar-refractivity contribution in [3.05, 3.63) is 157 Å². The van der Waals surface area contributed by atoms with Crippen LogP contribution in [0.15, 0.2) is 116 Å². The van der Waals surface area contributed by atoms with Crippen LogP contribution in [0.3, 0.4) is 0 Å². The second-order valence-corrected chi connectivity index (χ2v) is 31.1. The van der Waals surface area contributed by atoms with Crippen LogP contribution in [0, 0.1) is 71.8 Å². The number of nitrogens with zero attached hydrogens (tertiary/aromatic N) is 6. The van der Waals surface area contributed by atoms with Crippen LogP contribution in [0.4, 0.5) is 28.0 Å². The van der Waals surface area contributed by atoms with Crippen molar-refractivity contribution in [2.75, 3.05) is 72.5 Å². The van der Waals surface area contributed by atoms with Gasteiger partial charge in [0.25, 0.3) is 0 Å². The molecule has 14 atom stereocenters. The minimum absolute atomic E-state index is 0. The predicted molar refractivity (Wildman–Crippen MR) is 383 cm³/mol. The first-order valence-electron chi connectivity index (χ1n) is 37.4. The third kappa shape index (κ3) is 17.8. The Morgan fingerprint density at radius 2 is 1.10 bits per heavy atom. The van der Waals surface area contributed by atoms with Crippen LogP contribution in [-0.2, 0) is 60.4 Å². The summed E-state index contributed by atoms with van der Waals surface area (Å²) in [6.07, 6.45) is 25.1. The Morgan fingerprint density at radius 3 is 1.61 bits per heavy atom. The maximum absolute atomic E-state index is 13.5. The third-order valence-electron chi connectivity index (χ3n) is 23.1. The first kappa shape index (κ1) is 78.1.